The standard InChI is InChI=1S/C22H19N3O3S/c1-14(26)25(21-11-9-15-6-4-5-7-17(15)23-21)22-24-18(13-29-22)16-8-10-19(27-2)20(12-16)28-3/h4-13H,1-3H3. The molecule has 0 radical (unpaired) electrons. The summed E-state index contributed by atoms with van der Waals surface area (Å²) in [6, 6.07) is 17.2. The van der Waals surface area contributed by atoms with Crippen molar-refractivity contribution < 1.29 is 14.3 Å². The Morgan fingerprint density at radius 3 is 2.52 bits per heavy atom. The number of rotatable bonds is 5. The van der Waals surface area contributed by atoms with Crippen LogP contribution in [-0.4, -0.2) is 30.1 Å². The largest absolute Gasteiger partial charge is 0.493 e. The molecule has 0 N–H and O–H groups in total. The minimum Gasteiger partial charge on any atom is -0.493 e. The van der Waals surface area contributed by atoms with E-state index in [9.17, 15) is 4.79 Å². The molecule has 6 nitrogen and oxygen atoms in total. The molecule has 7 heteroatoms. The highest BCUT2D eigenvalue weighted by Crippen LogP contribution is 2.36. The van der Waals surface area contributed by atoms with Gasteiger partial charge in [-0.2, -0.15) is 0 Å². The molecule has 4 rings (SSSR count). The maximum atomic E-state index is 12.4. The number of para-hydroxylation sites is 1. The summed E-state index contributed by atoms with van der Waals surface area (Å²) in [7, 11) is 3.19. The average molecular weight is 405 g/mol. The van der Waals surface area contributed by atoms with Crippen molar-refractivity contribution in [3.8, 4) is 22.8 Å². The molecule has 2 heterocycles. The van der Waals surface area contributed by atoms with Crippen molar-refractivity contribution in [3.05, 3.63) is 60.0 Å². The second kappa shape index (κ2) is 7.89. The predicted molar refractivity (Wildman–Crippen MR) is 115 cm³/mol. The van der Waals surface area contributed by atoms with E-state index in [-0.39, 0.29) is 5.91 Å². The van der Waals surface area contributed by atoms with E-state index in [1.165, 1.54) is 23.2 Å². The topological polar surface area (TPSA) is 64.5 Å². The van der Waals surface area contributed by atoms with Crippen LogP contribution in [0.5, 0.6) is 11.5 Å². The van der Waals surface area contributed by atoms with Gasteiger partial charge >= 0.3 is 0 Å². The molecular formula is C22H19N3O3S. The number of carbonyl (C=O) groups is 1. The summed E-state index contributed by atoms with van der Waals surface area (Å²) in [6.45, 7) is 1.51. The third kappa shape index (κ3) is 3.64. The second-order valence-electron chi connectivity index (χ2n) is 6.30. The predicted octanol–water partition coefficient (Wildman–Crippen LogP) is 5.06. The Hall–Kier alpha value is -3.45. The molecule has 0 unspecified atom stereocenters. The van der Waals surface area contributed by atoms with Crippen LogP contribution >= 0.6 is 11.3 Å². The Labute approximate surface area is 172 Å². The van der Waals surface area contributed by atoms with Crippen LogP contribution in [0.4, 0.5) is 10.9 Å². The first kappa shape index (κ1) is 18.9. The molecule has 0 saturated carbocycles. The van der Waals surface area contributed by atoms with Crippen molar-refractivity contribution >= 4 is 39.1 Å². The van der Waals surface area contributed by atoms with Gasteiger partial charge in [0.25, 0.3) is 0 Å². The quantitative estimate of drug-likeness (QED) is 0.464. The summed E-state index contributed by atoms with van der Waals surface area (Å²) < 4.78 is 10.7. The van der Waals surface area contributed by atoms with Crippen LogP contribution in [0.25, 0.3) is 22.2 Å². The first-order valence-electron chi connectivity index (χ1n) is 8.95. The maximum absolute atomic E-state index is 12.4. The number of benzene rings is 2. The number of hydrogen-bond donors (Lipinski definition) is 0. The molecule has 4 aromatic rings. The van der Waals surface area contributed by atoms with Gasteiger partial charge in [-0.05, 0) is 36.4 Å². The summed E-state index contributed by atoms with van der Waals surface area (Å²) >= 11 is 1.39. The molecular weight excluding hydrogens is 386 g/mol. The molecule has 0 saturated heterocycles. The molecule has 0 aliphatic carbocycles. The highest BCUT2D eigenvalue weighted by molar-refractivity contribution is 7.14. The molecule has 0 atom stereocenters. The van der Waals surface area contributed by atoms with E-state index in [2.05, 4.69) is 9.97 Å². The fourth-order valence-electron chi connectivity index (χ4n) is 3.07. The van der Waals surface area contributed by atoms with E-state index in [4.69, 9.17) is 9.47 Å². The number of anilines is 2. The first-order chi connectivity index (χ1) is 14.1. The van der Waals surface area contributed by atoms with Gasteiger partial charge < -0.3 is 9.47 Å². The molecule has 1 amide bonds. The van der Waals surface area contributed by atoms with Crippen molar-refractivity contribution in [2.75, 3.05) is 19.1 Å². The number of amides is 1. The minimum absolute atomic E-state index is 0.152. The Bertz CT molecular complexity index is 1190. The van der Waals surface area contributed by atoms with E-state index in [1.807, 2.05) is 60.0 Å². The monoisotopic (exact) mass is 405 g/mol. The molecule has 29 heavy (non-hydrogen) atoms. The Balaban J connectivity index is 1.73. The number of aromatic nitrogens is 2. The molecule has 2 aromatic heterocycles. The van der Waals surface area contributed by atoms with Gasteiger partial charge in [-0.15, -0.1) is 11.3 Å². The van der Waals surface area contributed by atoms with Crippen LogP contribution < -0.4 is 14.4 Å². The number of methoxy groups -OCH3 is 2. The smallest absolute Gasteiger partial charge is 0.231 e. The highest BCUT2D eigenvalue weighted by atomic mass is 32.1. The van der Waals surface area contributed by atoms with Gasteiger partial charge in [0.15, 0.2) is 16.6 Å². The van der Waals surface area contributed by atoms with Crippen LogP contribution in [0.15, 0.2) is 60.0 Å². The number of thiazole rings is 1. The lowest BCUT2D eigenvalue weighted by atomic mass is 10.1. The fraction of sp³-hybridized carbons (Fsp3) is 0.136. The summed E-state index contributed by atoms with van der Waals surface area (Å²) in [5.74, 6) is 1.67. The van der Waals surface area contributed by atoms with Gasteiger partial charge in [0.05, 0.1) is 25.4 Å². The number of hydrogen-bond acceptors (Lipinski definition) is 6. The van der Waals surface area contributed by atoms with E-state index in [0.717, 1.165) is 22.2 Å². The number of ether oxygens (including phenoxy) is 2. The van der Waals surface area contributed by atoms with Gasteiger partial charge in [-0.25, -0.2) is 14.9 Å². The van der Waals surface area contributed by atoms with Crippen LogP contribution in [0.1, 0.15) is 6.92 Å². The molecule has 0 aliphatic rings. The lowest BCUT2D eigenvalue weighted by Crippen LogP contribution is -2.23. The zero-order valence-corrected chi connectivity index (χ0v) is 17.1. The van der Waals surface area contributed by atoms with Gasteiger partial charge in [0, 0.05) is 23.3 Å². The van der Waals surface area contributed by atoms with Crippen molar-refractivity contribution in [1.29, 1.82) is 0 Å². The van der Waals surface area contributed by atoms with Gasteiger partial charge in [0.2, 0.25) is 5.91 Å². The van der Waals surface area contributed by atoms with Gasteiger partial charge in [-0.3, -0.25) is 4.79 Å². The summed E-state index contributed by atoms with van der Waals surface area (Å²) in [4.78, 5) is 23.3. The highest BCUT2D eigenvalue weighted by Gasteiger charge is 2.20. The van der Waals surface area contributed by atoms with Crippen LogP contribution in [0.3, 0.4) is 0 Å². The van der Waals surface area contributed by atoms with E-state index < -0.39 is 0 Å². The third-order valence-corrected chi connectivity index (χ3v) is 5.32. The lowest BCUT2D eigenvalue weighted by molar-refractivity contribution is -0.115. The lowest BCUT2D eigenvalue weighted by Gasteiger charge is -2.17. The summed E-state index contributed by atoms with van der Waals surface area (Å²) in [5, 5.41) is 3.49. The Morgan fingerprint density at radius 1 is 0.966 bits per heavy atom. The van der Waals surface area contributed by atoms with Gasteiger partial charge in [-0.1, -0.05) is 18.2 Å². The number of pyridine rings is 1. The summed E-state index contributed by atoms with van der Waals surface area (Å²) in [5.41, 5.74) is 2.45. The second-order valence-corrected chi connectivity index (χ2v) is 7.14. The maximum Gasteiger partial charge on any atom is 0.231 e. The fourth-order valence-corrected chi connectivity index (χ4v) is 3.95. The number of carbonyl (C=O) groups excluding carboxylic acids is 1. The molecule has 0 bridgehead atoms. The zero-order chi connectivity index (χ0) is 20.4. The molecule has 0 fully saturated rings. The third-order valence-electron chi connectivity index (χ3n) is 4.49. The molecule has 0 spiro atoms. The normalized spacial score (nSPS) is 10.7. The van der Waals surface area contributed by atoms with Crippen LogP contribution in [-0.2, 0) is 4.79 Å². The molecule has 146 valence electrons. The van der Waals surface area contributed by atoms with E-state index in [0.29, 0.717) is 22.4 Å². The first-order valence-corrected chi connectivity index (χ1v) is 9.83. The van der Waals surface area contributed by atoms with E-state index >= 15 is 0 Å². The average Bonchev–Trinajstić information content (AvgIpc) is 3.22. The Kier molecular flexibility index (Phi) is 5.14. The van der Waals surface area contributed by atoms with Gasteiger partial charge in [0.1, 0.15) is 5.82 Å². The minimum atomic E-state index is -0.152. The van der Waals surface area contributed by atoms with Crippen molar-refractivity contribution in [2.45, 2.75) is 6.92 Å². The molecule has 0 aliphatic heterocycles. The zero-order valence-electron chi connectivity index (χ0n) is 16.2. The number of nitrogens with zero attached hydrogens (tertiary/aromatic N) is 3. The SMILES string of the molecule is COc1ccc(-c2csc(N(C(C)=O)c3ccc4ccccc4n3)n2)cc1OC. The van der Waals surface area contributed by atoms with Crippen molar-refractivity contribution in [2.24, 2.45) is 0 Å². The number of fused-ring (bicyclic) bond motifs is 1. The van der Waals surface area contributed by atoms with Crippen LogP contribution in [0.2, 0.25) is 0 Å². The van der Waals surface area contributed by atoms with Crippen LogP contribution in [0, 0.1) is 0 Å². The Morgan fingerprint density at radius 2 is 1.76 bits per heavy atom. The van der Waals surface area contributed by atoms with E-state index in [1.54, 1.807) is 14.2 Å². The van der Waals surface area contributed by atoms with Crippen molar-refractivity contribution in [1.82, 2.24) is 9.97 Å². The summed E-state index contributed by atoms with van der Waals surface area (Å²) in [6.07, 6.45) is 0. The van der Waals surface area contributed by atoms with Crippen molar-refractivity contribution in [3.63, 3.8) is 0 Å². The molecule has 2 aromatic carbocycles.